The summed E-state index contributed by atoms with van der Waals surface area (Å²) in [5.74, 6) is 0.420. The van der Waals surface area contributed by atoms with E-state index in [9.17, 15) is 9.90 Å². The number of nitrogens with zero attached hydrogens (tertiary/aromatic N) is 1. The van der Waals surface area contributed by atoms with Crippen molar-refractivity contribution < 1.29 is 14.6 Å². The Morgan fingerprint density at radius 2 is 2.16 bits per heavy atom. The Balaban J connectivity index is 1.95. The number of hydrogen-bond donors (Lipinski definition) is 1. The molecule has 0 radical (unpaired) electrons. The molecule has 0 spiro atoms. The maximum absolute atomic E-state index is 12.3. The number of hydrogen-bond acceptors (Lipinski definition) is 3. The highest BCUT2D eigenvalue weighted by molar-refractivity contribution is 5.77. The summed E-state index contributed by atoms with van der Waals surface area (Å²) in [7, 11) is 1.64. The van der Waals surface area contributed by atoms with E-state index in [1.807, 2.05) is 18.7 Å². The number of likely N-dealkylation sites (tertiary alicyclic amines) is 1. The Kier molecular flexibility index (Phi) is 4.21. The highest BCUT2D eigenvalue weighted by atomic mass is 16.5. The van der Waals surface area contributed by atoms with Gasteiger partial charge in [0.15, 0.2) is 0 Å². The van der Waals surface area contributed by atoms with Crippen LogP contribution in [-0.2, 0) is 9.53 Å². The fraction of sp³-hybridized carbons (Fsp3) is 0.933. The number of fused-ring (bicyclic) bond motifs is 1. The molecule has 1 heterocycles. The van der Waals surface area contributed by atoms with Gasteiger partial charge in [0.2, 0.25) is 5.91 Å². The average Bonchev–Trinajstić information content (AvgIpc) is 2.37. The largest absolute Gasteiger partial charge is 0.389 e. The average molecular weight is 269 g/mol. The molecule has 110 valence electrons. The lowest BCUT2D eigenvalue weighted by molar-refractivity contribution is -0.147. The molecular weight excluding hydrogens is 242 g/mol. The Bertz CT molecular complexity index is 342. The van der Waals surface area contributed by atoms with Crippen LogP contribution < -0.4 is 0 Å². The third-order valence-corrected chi connectivity index (χ3v) is 4.91. The summed E-state index contributed by atoms with van der Waals surface area (Å²) in [5, 5.41) is 10.6. The molecule has 4 nitrogen and oxygen atoms in total. The van der Waals surface area contributed by atoms with Gasteiger partial charge in [-0.2, -0.15) is 0 Å². The third-order valence-electron chi connectivity index (χ3n) is 4.91. The molecule has 1 amide bonds. The number of aliphatic hydroxyl groups is 1. The number of amides is 1. The van der Waals surface area contributed by atoms with E-state index in [1.54, 1.807) is 7.11 Å². The van der Waals surface area contributed by atoms with Crippen LogP contribution in [0.25, 0.3) is 0 Å². The van der Waals surface area contributed by atoms with Crippen LogP contribution >= 0.6 is 0 Å². The molecule has 1 saturated carbocycles. The molecule has 0 aromatic rings. The molecule has 0 bridgehead atoms. The molecule has 2 fully saturated rings. The van der Waals surface area contributed by atoms with E-state index in [1.165, 1.54) is 6.42 Å². The van der Waals surface area contributed by atoms with Gasteiger partial charge in [0, 0.05) is 26.1 Å². The molecule has 1 saturated heterocycles. The van der Waals surface area contributed by atoms with Crippen LogP contribution in [0, 0.1) is 5.92 Å². The first-order valence-electron chi connectivity index (χ1n) is 7.42. The number of methoxy groups -OCH3 is 1. The molecule has 19 heavy (non-hydrogen) atoms. The van der Waals surface area contributed by atoms with E-state index in [-0.39, 0.29) is 11.8 Å². The predicted molar refractivity (Wildman–Crippen MR) is 73.8 cm³/mol. The third kappa shape index (κ3) is 3.29. The number of rotatable bonds is 3. The van der Waals surface area contributed by atoms with Crippen molar-refractivity contribution in [1.82, 2.24) is 4.90 Å². The van der Waals surface area contributed by atoms with E-state index < -0.39 is 11.2 Å². The van der Waals surface area contributed by atoms with Gasteiger partial charge in [-0.3, -0.25) is 4.79 Å². The summed E-state index contributed by atoms with van der Waals surface area (Å²) in [5.41, 5.74) is -0.913. The van der Waals surface area contributed by atoms with E-state index in [0.717, 1.165) is 32.2 Å². The summed E-state index contributed by atoms with van der Waals surface area (Å²) >= 11 is 0. The Hall–Kier alpha value is -0.610. The second kappa shape index (κ2) is 5.41. The summed E-state index contributed by atoms with van der Waals surface area (Å²) in [6, 6.07) is 0. The summed E-state index contributed by atoms with van der Waals surface area (Å²) in [6.07, 6.45) is 5.40. The van der Waals surface area contributed by atoms with E-state index >= 15 is 0 Å². The monoisotopic (exact) mass is 269 g/mol. The van der Waals surface area contributed by atoms with Crippen LogP contribution in [0.3, 0.4) is 0 Å². The highest BCUT2D eigenvalue weighted by Crippen LogP contribution is 2.40. The van der Waals surface area contributed by atoms with Gasteiger partial charge in [-0.1, -0.05) is 12.8 Å². The molecule has 0 aromatic carbocycles. The summed E-state index contributed by atoms with van der Waals surface area (Å²) < 4.78 is 5.33. The molecule has 2 rings (SSSR count). The lowest BCUT2D eigenvalue weighted by atomic mass is 9.71. The van der Waals surface area contributed by atoms with Gasteiger partial charge >= 0.3 is 0 Å². The second-order valence-corrected chi connectivity index (χ2v) is 6.78. The number of piperidine rings is 1. The SMILES string of the molecule is COC(C)(C)CC(=O)N1CCC2(O)CCCCC2C1. The first-order chi connectivity index (χ1) is 8.86. The van der Waals surface area contributed by atoms with E-state index in [0.29, 0.717) is 13.0 Å². The Morgan fingerprint density at radius 1 is 1.42 bits per heavy atom. The minimum atomic E-state index is -0.508. The van der Waals surface area contributed by atoms with Crippen LogP contribution in [-0.4, -0.2) is 47.3 Å². The van der Waals surface area contributed by atoms with Gasteiger partial charge in [-0.25, -0.2) is 0 Å². The van der Waals surface area contributed by atoms with Crippen LogP contribution in [0.1, 0.15) is 52.4 Å². The Labute approximate surface area is 116 Å². The Morgan fingerprint density at radius 3 is 2.84 bits per heavy atom. The van der Waals surface area contributed by atoms with Crippen LogP contribution in [0.15, 0.2) is 0 Å². The predicted octanol–water partition coefficient (Wildman–Crippen LogP) is 1.96. The van der Waals surface area contributed by atoms with Gasteiger partial charge in [0.1, 0.15) is 0 Å². The number of carbonyl (C=O) groups excluding carboxylic acids is 1. The van der Waals surface area contributed by atoms with Crippen LogP contribution in [0.5, 0.6) is 0 Å². The maximum atomic E-state index is 12.3. The van der Waals surface area contributed by atoms with Gasteiger partial charge in [0.05, 0.1) is 17.6 Å². The molecule has 2 unspecified atom stereocenters. The number of carbonyl (C=O) groups is 1. The van der Waals surface area contributed by atoms with Crippen molar-refractivity contribution >= 4 is 5.91 Å². The molecule has 1 aliphatic heterocycles. The van der Waals surface area contributed by atoms with Crippen molar-refractivity contribution in [3.05, 3.63) is 0 Å². The smallest absolute Gasteiger partial charge is 0.225 e. The molecule has 1 aliphatic carbocycles. The van der Waals surface area contributed by atoms with Crippen molar-refractivity contribution in [2.24, 2.45) is 5.92 Å². The van der Waals surface area contributed by atoms with Crippen molar-refractivity contribution in [3.63, 3.8) is 0 Å². The highest BCUT2D eigenvalue weighted by Gasteiger charge is 2.44. The molecular formula is C15H27NO3. The van der Waals surface area contributed by atoms with E-state index in [2.05, 4.69) is 0 Å². The maximum Gasteiger partial charge on any atom is 0.225 e. The molecule has 2 atom stereocenters. The first kappa shape index (κ1) is 14.8. The lowest BCUT2D eigenvalue weighted by Gasteiger charge is -2.47. The van der Waals surface area contributed by atoms with Crippen molar-refractivity contribution in [3.8, 4) is 0 Å². The van der Waals surface area contributed by atoms with Crippen LogP contribution in [0.2, 0.25) is 0 Å². The van der Waals surface area contributed by atoms with Crippen molar-refractivity contribution in [1.29, 1.82) is 0 Å². The molecule has 1 N–H and O–H groups in total. The first-order valence-corrected chi connectivity index (χ1v) is 7.42. The van der Waals surface area contributed by atoms with Crippen LogP contribution in [0.4, 0.5) is 0 Å². The minimum absolute atomic E-state index is 0.152. The van der Waals surface area contributed by atoms with Gasteiger partial charge in [-0.05, 0) is 33.1 Å². The van der Waals surface area contributed by atoms with Gasteiger partial charge in [-0.15, -0.1) is 0 Å². The second-order valence-electron chi connectivity index (χ2n) is 6.78. The van der Waals surface area contributed by atoms with Gasteiger partial charge < -0.3 is 14.7 Å². The fourth-order valence-corrected chi connectivity index (χ4v) is 3.35. The summed E-state index contributed by atoms with van der Waals surface area (Å²) in [4.78, 5) is 14.2. The topological polar surface area (TPSA) is 49.8 Å². The fourth-order valence-electron chi connectivity index (χ4n) is 3.35. The van der Waals surface area contributed by atoms with Crippen molar-refractivity contribution in [2.45, 2.75) is 63.6 Å². The number of ether oxygens (including phenoxy) is 1. The zero-order chi connectivity index (χ0) is 14.1. The standard InChI is InChI=1S/C15H27NO3/c1-14(2,19-3)10-13(17)16-9-8-15(18)7-5-4-6-12(15)11-16/h12,18H,4-11H2,1-3H3. The molecule has 2 aliphatic rings. The van der Waals surface area contributed by atoms with Crippen molar-refractivity contribution in [2.75, 3.05) is 20.2 Å². The molecule has 4 heteroatoms. The zero-order valence-electron chi connectivity index (χ0n) is 12.4. The zero-order valence-corrected chi connectivity index (χ0v) is 12.4. The minimum Gasteiger partial charge on any atom is -0.389 e. The summed E-state index contributed by atoms with van der Waals surface area (Å²) in [6.45, 7) is 5.28. The van der Waals surface area contributed by atoms with Gasteiger partial charge in [0.25, 0.3) is 0 Å². The normalized spacial score (nSPS) is 32.0. The molecule has 0 aromatic heterocycles. The van der Waals surface area contributed by atoms with E-state index in [4.69, 9.17) is 4.74 Å². The lowest BCUT2D eigenvalue weighted by Crippen LogP contribution is -2.55. The quantitative estimate of drug-likeness (QED) is 0.852.